The monoisotopic (exact) mass is 142 g/mol. The smallest absolute Gasteiger partial charge is 0.237 e. The highest BCUT2D eigenvalue weighted by Gasteiger charge is 2.34. The van der Waals surface area contributed by atoms with Crippen molar-refractivity contribution in [2.45, 2.75) is 26.2 Å². The first-order valence-corrected chi connectivity index (χ1v) is 3.80. The van der Waals surface area contributed by atoms with Crippen LogP contribution in [0.25, 0.3) is 0 Å². The van der Waals surface area contributed by atoms with Crippen molar-refractivity contribution in [1.82, 2.24) is 5.43 Å². The Morgan fingerprint density at radius 3 is 2.70 bits per heavy atom. The number of hydrazine groups is 1. The van der Waals surface area contributed by atoms with Gasteiger partial charge in [-0.25, -0.2) is 5.84 Å². The average molecular weight is 142 g/mol. The predicted molar refractivity (Wildman–Crippen MR) is 38.8 cm³/mol. The summed E-state index contributed by atoms with van der Waals surface area (Å²) in [6, 6.07) is 0. The largest absolute Gasteiger partial charge is 0.294 e. The molecule has 10 heavy (non-hydrogen) atoms. The first-order valence-electron chi connectivity index (χ1n) is 3.80. The zero-order valence-corrected chi connectivity index (χ0v) is 6.26. The molecule has 0 heterocycles. The van der Waals surface area contributed by atoms with E-state index >= 15 is 0 Å². The molecule has 3 heteroatoms. The van der Waals surface area contributed by atoms with E-state index < -0.39 is 0 Å². The van der Waals surface area contributed by atoms with Crippen LogP contribution in [0.15, 0.2) is 0 Å². The molecule has 1 saturated carbocycles. The molecule has 58 valence electrons. The summed E-state index contributed by atoms with van der Waals surface area (Å²) in [5, 5.41) is 0. The molecule has 0 radical (unpaired) electrons. The van der Waals surface area contributed by atoms with E-state index in [4.69, 9.17) is 5.84 Å². The Morgan fingerprint density at radius 2 is 2.40 bits per heavy atom. The number of nitrogens with two attached hydrogens (primary N) is 1. The lowest BCUT2D eigenvalue weighted by molar-refractivity contribution is -0.130. The maximum atomic E-state index is 10.9. The lowest BCUT2D eigenvalue weighted by Gasteiger charge is -2.33. The minimum atomic E-state index is 0.0121. The van der Waals surface area contributed by atoms with Crippen LogP contribution < -0.4 is 11.3 Å². The first-order chi connectivity index (χ1) is 4.79. The number of carbonyl (C=O) groups is 1. The third-order valence-electron chi connectivity index (χ3n) is 2.42. The van der Waals surface area contributed by atoms with Gasteiger partial charge in [0.25, 0.3) is 0 Å². The Bertz CT molecular complexity index is 134. The van der Waals surface area contributed by atoms with Gasteiger partial charge in [0.2, 0.25) is 5.91 Å². The standard InChI is InChI=1S/C7H14N2O/c1-2-5-3-4-6(5)7(10)9-8/h5-6H,2-4,8H2,1H3,(H,9,10). The van der Waals surface area contributed by atoms with Crippen LogP contribution in [0.4, 0.5) is 0 Å². The summed E-state index contributed by atoms with van der Waals surface area (Å²) in [5.41, 5.74) is 2.19. The highest BCUT2D eigenvalue weighted by Crippen LogP contribution is 2.36. The maximum absolute atomic E-state index is 10.9. The second-order valence-corrected chi connectivity index (χ2v) is 2.86. The molecule has 1 aliphatic rings. The molecule has 1 fully saturated rings. The van der Waals surface area contributed by atoms with Gasteiger partial charge in [0, 0.05) is 5.92 Å². The molecule has 1 aliphatic carbocycles. The van der Waals surface area contributed by atoms with Gasteiger partial charge in [0.05, 0.1) is 0 Å². The summed E-state index contributed by atoms with van der Waals surface area (Å²) in [7, 11) is 0. The van der Waals surface area contributed by atoms with Crippen molar-refractivity contribution >= 4 is 5.91 Å². The van der Waals surface area contributed by atoms with E-state index in [2.05, 4.69) is 12.3 Å². The van der Waals surface area contributed by atoms with Crippen molar-refractivity contribution in [2.75, 3.05) is 0 Å². The zero-order chi connectivity index (χ0) is 7.56. The molecular formula is C7H14N2O. The zero-order valence-electron chi connectivity index (χ0n) is 6.26. The van der Waals surface area contributed by atoms with Crippen LogP contribution in [0.1, 0.15) is 26.2 Å². The summed E-state index contributed by atoms with van der Waals surface area (Å²) < 4.78 is 0. The molecule has 1 amide bonds. The number of hydrogen-bond donors (Lipinski definition) is 2. The molecule has 3 N–H and O–H groups in total. The topological polar surface area (TPSA) is 55.1 Å². The molecule has 0 spiro atoms. The van der Waals surface area contributed by atoms with Crippen molar-refractivity contribution in [2.24, 2.45) is 17.7 Å². The lowest BCUT2D eigenvalue weighted by atomic mass is 9.72. The highest BCUT2D eigenvalue weighted by atomic mass is 16.2. The molecule has 0 aliphatic heterocycles. The molecule has 0 aromatic rings. The third-order valence-corrected chi connectivity index (χ3v) is 2.42. The molecule has 0 aromatic carbocycles. The van der Waals surface area contributed by atoms with Gasteiger partial charge in [0.1, 0.15) is 0 Å². The molecular weight excluding hydrogens is 128 g/mol. The second kappa shape index (κ2) is 3.01. The Hall–Kier alpha value is -0.570. The number of carbonyl (C=O) groups excluding carboxylic acids is 1. The van der Waals surface area contributed by atoms with Gasteiger partial charge in [-0.3, -0.25) is 10.2 Å². The molecule has 3 nitrogen and oxygen atoms in total. The maximum Gasteiger partial charge on any atom is 0.237 e. The number of hydrogen-bond acceptors (Lipinski definition) is 2. The number of nitrogens with one attached hydrogen (secondary N) is 1. The van der Waals surface area contributed by atoms with Crippen LogP contribution in [-0.4, -0.2) is 5.91 Å². The van der Waals surface area contributed by atoms with E-state index in [1.165, 1.54) is 6.42 Å². The van der Waals surface area contributed by atoms with Gasteiger partial charge < -0.3 is 0 Å². The first kappa shape index (κ1) is 7.54. The van der Waals surface area contributed by atoms with Crippen LogP contribution in [0, 0.1) is 11.8 Å². The van der Waals surface area contributed by atoms with E-state index in [0.29, 0.717) is 5.92 Å². The summed E-state index contributed by atoms with van der Waals surface area (Å²) in [5.74, 6) is 5.80. The fraction of sp³-hybridized carbons (Fsp3) is 0.857. The summed E-state index contributed by atoms with van der Waals surface area (Å²) >= 11 is 0. The van der Waals surface area contributed by atoms with Crippen LogP contribution in [-0.2, 0) is 4.79 Å². The Kier molecular flexibility index (Phi) is 2.27. The highest BCUT2D eigenvalue weighted by molar-refractivity contribution is 5.79. The fourth-order valence-corrected chi connectivity index (χ4v) is 1.51. The van der Waals surface area contributed by atoms with Gasteiger partial charge in [0.15, 0.2) is 0 Å². The number of rotatable bonds is 2. The van der Waals surface area contributed by atoms with Gasteiger partial charge in [-0.2, -0.15) is 0 Å². The van der Waals surface area contributed by atoms with Crippen LogP contribution in [0.5, 0.6) is 0 Å². The van der Waals surface area contributed by atoms with Crippen molar-refractivity contribution in [3.8, 4) is 0 Å². The van der Waals surface area contributed by atoms with Gasteiger partial charge in [-0.1, -0.05) is 13.3 Å². The van der Waals surface area contributed by atoms with E-state index in [-0.39, 0.29) is 11.8 Å². The van der Waals surface area contributed by atoms with E-state index in [1.807, 2.05) is 0 Å². The Balaban J connectivity index is 2.35. The molecule has 0 saturated heterocycles. The van der Waals surface area contributed by atoms with Gasteiger partial charge >= 0.3 is 0 Å². The third kappa shape index (κ3) is 1.14. The summed E-state index contributed by atoms with van der Waals surface area (Å²) in [6.07, 6.45) is 3.30. The number of amides is 1. The van der Waals surface area contributed by atoms with Crippen LogP contribution in [0.3, 0.4) is 0 Å². The molecule has 2 atom stereocenters. The van der Waals surface area contributed by atoms with Crippen LogP contribution in [0.2, 0.25) is 0 Å². The van der Waals surface area contributed by atoms with Crippen LogP contribution >= 0.6 is 0 Å². The summed E-state index contributed by atoms with van der Waals surface area (Å²) in [4.78, 5) is 10.9. The van der Waals surface area contributed by atoms with E-state index in [9.17, 15) is 4.79 Å². The second-order valence-electron chi connectivity index (χ2n) is 2.86. The minimum Gasteiger partial charge on any atom is -0.294 e. The SMILES string of the molecule is CCC1CCC1C(=O)NN. The van der Waals surface area contributed by atoms with Crippen molar-refractivity contribution < 1.29 is 4.79 Å². The lowest BCUT2D eigenvalue weighted by Crippen LogP contribution is -2.43. The Labute approximate surface area is 60.9 Å². The molecule has 0 bridgehead atoms. The normalized spacial score (nSPS) is 31.0. The predicted octanol–water partition coefficient (Wildman–Crippen LogP) is 0.413. The molecule has 1 rings (SSSR count). The van der Waals surface area contributed by atoms with Crippen molar-refractivity contribution in [1.29, 1.82) is 0 Å². The molecule has 2 unspecified atom stereocenters. The van der Waals surface area contributed by atoms with E-state index in [1.54, 1.807) is 0 Å². The fourth-order valence-electron chi connectivity index (χ4n) is 1.51. The van der Waals surface area contributed by atoms with Crippen molar-refractivity contribution in [3.05, 3.63) is 0 Å². The van der Waals surface area contributed by atoms with E-state index in [0.717, 1.165) is 12.8 Å². The summed E-state index contributed by atoms with van der Waals surface area (Å²) in [6.45, 7) is 2.11. The Morgan fingerprint density at radius 1 is 1.70 bits per heavy atom. The van der Waals surface area contributed by atoms with Crippen molar-refractivity contribution in [3.63, 3.8) is 0 Å². The average Bonchev–Trinajstić information content (AvgIpc) is 1.86. The van der Waals surface area contributed by atoms with Gasteiger partial charge in [-0.15, -0.1) is 0 Å². The molecule has 0 aromatic heterocycles. The minimum absolute atomic E-state index is 0.0121. The quantitative estimate of drug-likeness (QED) is 0.333. The van der Waals surface area contributed by atoms with Gasteiger partial charge in [-0.05, 0) is 18.8 Å².